The summed E-state index contributed by atoms with van der Waals surface area (Å²) in [6, 6.07) is 3.95. The minimum Gasteiger partial charge on any atom is -0.478 e. The summed E-state index contributed by atoms with van der Waals surface area (Å²) >= 11 is 11.1. The molecule has 0 saturated heterocycles. The van der Waals surface area contributed by atoms with Crippen LogP contribution in [0.25, 0.3) is 0 Å². The lowest BCUT2D eigenvalue weighted by Crippen LogP contribution is -2.11. The molecule has 1 rings (SSSR count). The van der Waals surface area contributed by atoms with E-state index in [1.165, 1.54) is 18.2 Å². The van der Waals surface area contributed by atoms with Crippen LogP contribution in [-0.2, 0) is 0 Å². The fourth-order valence-electron chi connectivity index (χ4n) is 1.17. The molecule has 0 spiro atoms. The van der Waals surface area contributed by atoms with Crippen LogP contribution in [0.3, 0.4) is 0 Å². The molecule has 80 valence electrons. The van der Waals surface area contributed by atoms with Gasteiger partial charge in [0.1, 0.15) is 4.84 Å². The van der Waals surface area contributed by atoms with Crippen molar-refractivity contribution in [2.24, 2.45) is 0 Å². The zero-order chi connectivity index (χ0) is 11.6. The van der Waals surface area contributed by atoms with Crippen LogP contribution in [0.4, 0.5) is 0 Å². The zero-order valence-electron chi connectivity index (χ0n) is 7.28. The van der Waals surface area contributed by atoms with Crippen molar-refractivity contribution < 1.29 is 19.8 Å². The van der Waals surface area contributed by atoms with Gasteiger partial charge in [0, 0.05) is 5.56 Å². The summed E-state index contributed by atoms with van der Waals surface area (Å²) in [5.74, 6) is -2.70. The predicted molar refractivity (Wildman–Crippen MR) is 54.8 cm³/mol. The standard InChI is InChI=1S/C9H6Cl2O4/c10-7(11)4-2-1-3-5(8(12)13)6(4)9(14)15/h1-3,7H,(H,12,13)(H,14,15). The highest BCUT2D eigenvalue weighted by molar-refractivity contribution is 6.44. The highest BCUT2D eigenvalue weighted by Gasteiger charge is 2.22. The van der Waals surface area contributed by atoms with Crippen molar-refractivity contribution >= 4 is 35.1 Å². The summed E-state index contributed by atoms with van der Waals surface area (Å²) < 4.78 is 0. The van der Waals surface area contributed by atoms with Crippen LogP contribution in [0.15, 0.2) is 18.2 Å². The first-order chi connectivity index (χ1) is 6.95. The van der Waals surface area contributed by atoms with E-state index in [1.807, 2.05) is 0 Å². The SMILES string of the molecule is O=C(O)c1cccc(C(Cl)Cl)c1C(=O)O. The van der Waals surface area contributed by atoms with Crippen LogP contribution in [0.5, 0.6) is 0 Å². The third kappa shape index (κ3) is 2.40. The number of carboxylic acid groups (broad SMARTS) is 2. The molecule has 0 aliphatic heterocycles. The molecule has 15 heavy (non-hydrogen) atoms. The maximum absolute atomic E-state index is 10.9. The first-order valence-corrected chi connectivity index (χ1v) is 4.70. The lowest BCUT2D eigenvalue weighted by Gasteiger charge is -2.08. The van der Waals surface area contributed by atoms with Gasteiger partial charge in [-0.25, -0.2) is 9.59 Å². The van der Waals surface area contributed by atoms with E-state index in [1.54, 1.807) is 0 Å². The van der Waals surface area contributed by atoms with E-state index in [-0.39, 0.29) is 16.7 Å². The lowest BCUT2D eigenvalue weighted by atomic mass is 10.0. The number of halogens is 2. The summed E-state index contributed by atoms with van der Waals surface area (Å²) in [7, 11) is 0. The monoisotopic (exact) mass is 248 g/mol. The molecule has 0 aromatic heterocycles. The van der Waals surface area contributed by atoms with E-state index in [2.05, 4.69) is 0 Å². The van der Waals surface area contributed by atoms with Gasteiger partial charge in [-0.05, 0) is 6.07 Å². The Morgan fingerprint density at radius 3 is 2.13 bits per heavy atom. The van der Waals surface area contributed by atoms with E-state index in [9.17, 15) is 9.59 Å². The molecule has 0 bridgehead atoms. The van der Waals surface area contributed by atoms with E-state index < -0.39 is 16.8 Å². The molecule has 0 saturated carbocycles. The number of aromatic carboxylic acids is 2. The Balaban J connectivity index is 3.48. The van der Waals surface area contributed by atoms with Crippen molar-refractivity contribution in [3.05, 3.63) is 34.9 Å². The molecule has 0 radical (unpaired) electrons. The average molecular weight is 249 g/mol. The molecule has 6 heteroatoms. The van der Waals surface area contributed by atoms with Crippen molar-refractivity contribution in [1.29, 1.82) is 0 Å². The third-order valence-corrected chi connectivity index (χ3v) is 2.25. The van der Waals surface area contributed by atoms with Crippen molar-refractivity contribution in [3.63, 3.8) is 0 Å². The first kappa shape index (κ1) is 11.8. The third-order valence-electron chi connectivity index (χ3n) is 1.78. The van der Waals surface area contributed by atoms with Crippen molar-refractivity contribution in [2.75, 3.05) is 0 Å². The van der Waals surface area contributed by atoms with Crippen LogP contribution in [-0.4, -0.2) is 22.2 Å². The minimum absolute atomic E-state index is 0.0748. The van der Waals surface area contributed by atoms with Crippen molar-refractivity contribution in [2.45, 2.75) is 4.84 Å². The number of hydrogen-bond acceptors (Lipinski definition) is 2. The van der Waals surface area contributed by atoms with Crippen LogP contribution in [0, 0.1) is 0 Å². The molecule has 4 nitrogen and oxygen atoms in total. The van der Waals surface area contributed by atoms with Gasteiger partial charge in [-0.1, -0.05) is 12.1 Å². The summed E-state index contributed by atoms with van der Waals surface area (Å²) in [5, 5.41) is 17.6. The Labute approximate surface area is 95.0 Å². The van der Waals surface area contributed by atoms with Gasteiger partial charge in [-0.15, -0.1) is 23.2 Å². The topological polar surface area (TPSA) is 74.6 Å². The largest absolute Gasteiger partial charge is 0.478 e. The van der Waals surface area contributed by atoms with E-state index in [4.69, 9.17) is 33.4 Å². The number of alkyl halides is 2. The smallest absolute Gasteiger partial charge is 0.336 e. The number of benzene rings is 1. The fourth-order valence-corrected chi connectivity index (χ4v) is 1.53. The van der Waals surface area contributed by atoms with Gasteiger partial charge in [0.15, 0.2) is 0 Å². The van der Waals surface area contributed by atoms with Crippen LogP contribution >= 0.6 is 23.2 Å². The van der Waals surface area contributed by atoms with E-state index in [0.29, 0.717) is 0 Å². The number of carbonyl (C=O) groups is 2. The molecule has 2 N–H and O–H groups in total. The van der Waals surface area contributed by atoms with Gasteiger partial charge in [0.05, 0.1) is 11.1 Å². The Kier molecular flexibility index (Phi) is 3.55. The second-order valence-corrected chi connectivity index (χ2v) is 3.78. The molecule has 0 fully saturated rings. The van der Waals surface area contributed by atoms with E-state index in [0.717, 1.165) is 0 Å². The maximum atomic E-state index is 10.9. The van der Waals surface area contributed by atoms with Gasteiger partial charge >= 0.3 is 11.9 Å². The van der Waals surface area contributed by atoms with Gasteiger partial charge in [0.2, 0.25) is 0 Å². The summed E-state index contributed by atoms with van der Waals surface area (Å²) in [4.78, 5) is 20.5. The lowest BCUT2D eigenvalue weighted by molar-refractivity contribution is 0.0650. The van der Waals surface area contributed by atoms with E-state index >= 15 is 0 Å². The summed E-state index contributed by atoms with van der Waals surface area (Å²) in [6.45, 7) is 0. The molecular formula is C9H6Cl2O4. The van der Waals surface area contributed by atoms with Crippen LogP contribution in [0.2, 0.25) is 0 Å². The molecular weight excluding hydrogens is 243 g/mol. The second-order valence-electron chi connectivity index (χ2n) is 2.68. The molecule has 1 aromatic carbocycles. The number of rotatable bonds is 3. The molecule has 0 atom stereocenters. The summed E-state index contributed by atoms with van der Waals surface area (Å²) in [5.41, 5.74) is -0.628. The number of carboxylic acids is 2. The molecule has 0 aliphatic rings. The normalized spacial score (nSPS) is 10.3. The van der Waals surface area contributed by atoms with Crippen LogP contribution < -0.4 is 0 Å². The fraction of sp³-hybridized carbons (Fsp3) is 0.111. The Bertz CT molecular complexity index is 415. The molecule has 1 aromatic rings. The quantitative estimate of drug-likeness (QED) is 0.807. The highest BCUT2D eigenvalue weighted by atomic mass is 35.5. The Morgan fingerprint density at radius 2 is 1.73 bits per heavy atom. The zero-order valence-corrected chi connectivity index (χ0v) is 8.79. The van der Waals surface area contributed by atoms with Gasteiger partial charge in [0.25, 0.3) is 0 Å². The van der Waals surface area contributed by atoms with Crippen LogP contribution in [0.1, 0.15) is 31.1 Å². The molecule has 0 heterocycles. The molecule has 0 amide bonds. The molecule has 0 unspecified atom stereocenters. The Hall–Kier alpha value is -1.26. The highest BCUT2D eigenvalue weighted by Crippen LogP contribution is 2.29. The summed E-state index contributed by atoms with van der Waals surface area (Å²) in [6.07, 6.45) is 0. The van der Waals surface area contributed by atoms with Gasteiger partial charge in [-0.3, -0.25) is 0 Å². The Morgan fingerprint density at radius 1 is 1.13 bits per heavy atom. The van der Waals surface area contributed by atoms with Gasteiger partial charge < -0.3 is 10.2 Å². The first-order valence-electron chi connectivity index (χ1n) is 3.82. The predicted octanol–water partition coefficient (Wildman–Crippen LogP) is 2.56. The van der Waals surface area contributed by atoms with Crippen molar-refractivity contribution in [3.8, 4) is 0 Å². The van der Waals surface area contributed by atoms with Gasteiger partial charge in [-0.2, -0.15) is 0 Å². The minimum atomic E-state index is -1.37. The number of hydrogen-bond donors (Lipinski definition) is 2. The maximum Gasteiger partial charge on any atom is 0.336 e. The molecule has 0 aliphatic carbocycles. The van der Waals surface area contributed by atoms with Crippen molar-refractivity contribution in [1.82, 2.24) is 0 Å². The average Bonchev–Trinajstić information content (AvgIpc) is 2.16. The second kappa shape index (κ2) is 4.51.